The smallest absolute Gasteiger partial charge is 0.337 e. The van der Waals surface area contributed by atoms with E-state index in [0.29, 0.717) is 11.3 Å². The van der Waals surface area contributed by atoms with E-state index in [4.69, 9.17) is 9.47 Å². The van der Waals surface area contributed by atoms with Crippen molar-refractivity contribution < 1.29 is 19.1 Å². The highest BCUT2D eigenvalue weighted by Crippen LogP contribution is 2.22. The zero-order valence-electron chi connectivity index (χ0n) is 16.4. The van der Waals surface area contributed by atoms with Crippen molar-refractivity contribution in [3.05, 3.63) is 59.2 Å². The summed E-state index contributed by atoms with van der Waals surface area (Å²) >= 11 is 0. The Morgan fingerprint density at radius 1 is 1.11 bits per heavy atom. The van der Waals surface area contributed by atoms with Gasteiger partial charge in [0.25, 0.3) is 0 Å². The maximum atomic E-state index is 12.5. The average molecular weight is 370 g/mol. The molecule has 0 spiro atoms. The van der Waals surface area contributed by atoms with E-state index in [1.165, 1.54) is 7.11 Å². The van der Waals surface area contributed by atoms with Crippen molar-refractivity contribution in [3.63, 3.8) is 0 Å². The fourth-order valence-corrected chi connectivity index (χ4v) is 2.69. The summed E-state index contributed by atoms with van der Waals surface area (Å²) in [6, 6.07) is 12.9. The number of esters is 1. The van der Waals surface area contributed by atoms with Crippen molar-refractivity contribution in [2.45, 2.75) is 19.9 Å². The van der Waals surface area contributed by atoms with Crippen LogP contribution in [0.4, 0.5) is 5.69 Å². The first-order chi connectivity index (χ1) is 12.8. The van der Waals surface area contributed by atoms with Gasteiger partial charge in [-0.25, -0.2) is 4.79 Å². The molecule has 1 unspecified atom stereocenters. The molecule has 1 N–H and O–H groups in total. The lowest BCUT2D eigenvalue weighted by atomic mass is 10.1. The summed E-state index contributed by atoms with van der Waals surface area (Å²) in [4.78, 5) is 26.1. The molecule has 6 nitrogen and oxygen atoms in total. The number of nitrogens with zero attached hydrogens (tertiary/aromatic N) is 1. The summed E-state index contributed by atoms with van der Waals surface area (Å²) in [5.41, 5.74) is 2.98. The second-order valence-corrected chi connectivity index (χ2v) is 6.43. The molecule has 1 amide bonds. The van der Waals surface area contributed by atoms with Gasteiger partial charge in [-0.15, -0.1) is 0 Å². The summed E-state index contributed by atoms with van der Waals surface area (Å²) in [5, 5.41) is 2.88. The summed E-state index contributed by atoms with van der Waals surface area (Å²) in [7, 11) is 4.86. The Morgan fingerprint density at radius 3 is 2.37 bits per heavy atom. The van der Waals surface area contributed by atoms with Crippen LogP contribution < -0.4 is 10.1 Å². The molecule has 0 radical (unpaired) electrons. The van der Waals surface area contributed by atoms with E-state index in [0.717, 1.165) is 16.9 Å². The summed E-state index contributed by atoms with van der Waals surface area (Å²) in [6.07, 6.45) is 0. The maximum Gasteiger partial charge on any atom is 0.337 e. The maximum absolute atomic E-state index is 12.5. The number of benzene rings is 2. The third kappa shape index (κ3) is 5.31. The van der Waals surface area contributed by atoms with Crippen molar-refractivity contribution in [1.29, 1.82) is 0 Å². The van der Waals surface area contributed by atoms with Crippen LogP contribution >= 0.6 is 0 Å². The van der Waals surface area contributed by atoms with Gasteiger partial charge in [-0.2, -0.15) is 0 Å². The third-order valence-electron chi connectivity index (χ3n) is 4.59. The minimum atomic E-state index is -0.434. The number of aryl methyl sites for hydroxylation is 1. The molecule has 2 aromatic rings. The van der Waals surface area contributed by atoms with Gasteiger partial charge in [0.05, 0.1) is 26.3 Å². The molecule has 2 aromatic carbocycles. The van der Waals surface area contributed by atoms with Crippen LogP contribution in [0.25, 0.3) is 0 Å². The van der Waals surface area contributed by atoms with Gasteiger partial charge in [0.2, 0.25) is 5.91 Å². The molecule has 0 heterocycles. The zero-order chi connectivity index (χ0) is 20.0. The number of hydrogen-bond donors (Lipinski definition) is 1. The molecule has 144 valence electrons. The number of likely N-dealkylation sites (N-methyl/N-ethyl adjacent to an activating group) is 1. The van der Waals surface area contributed by atoms with Gasteiger partial charge in [0.15, 0.2) is 0 Å². The molecule has 27 heavy (non-hydrogen) atoms. The van der Waals surface area contributed by atoms with Gasteiger partial charge in [0, 0.05) is 11.7 Å². The van der Waals surface area contributed by atoms with Crippen LogP contribution in [0.5, 0.6) is 5.75 Å². The van der Waals surface area contributed by atoms with Crippen LogP contribution in [-0.4, -0.2) is 44.6 Å². The highest BCUT2D eigenvalue weighted by atomic mass is 16.5. The lowest BCUT2D eigenvalue weighted by Crippen LogP contribution is -2.32. The molecule has 0 saturated carbocycles. The van der Waals surface area contributed by atoms with Crippen LogP contribution in [0, 0.1) is 6.92 Å². The minimum absolute atomic E-state index is 0.0594. The van der Waals surface area contributed by atoms with Gasteiger partial charge in [-0.3, -0.25) is 9.69 Å². The topological polar surface area (TPSA) is 67.9 Å². The molecule has 0 aliphatic heterocycles. The first-order valence-electron chi connectivity index (χ1n) is 8.68. The quantitative estimate of drug-likeness (QED) is 0.757. The second-order valence-electron chi connectivity index (χ2n) is 6.43. The van der Waals surface area contributed by atoms with Gasteiger partial charge in [-0.05, 0) is 56.3 Å². The molecule has 0 bridgehead atoms. The number of amides is 1. The number of methoxy groups -OCH3 is 2. The van der Waals surface area contributed by atoms with E-state index in [-0.39, 0.29) is 18.5 Å². The number of anilines is 1. The number of carbonyl (C=O) groups excluding carboxylic acids is 2. The van der Waals surface area contributed by atoms with Gasteiger partial charge < -0.3 is 14.8 Å². The molecule has 0 aliphatic rings. The van der Waals surface area contributed by atoms with Crippen molar-refractivity contribution in [2.75, 3.05) is 33.1 Å². The molecule has 2 rings (SSSR count). The molecule has 6 heteroatoms. The fraction of sp³-hybridized carbons (Fsp3) is 0.333. The predicted octanol–water partition coefficient (Wildman–Crippen LogP) is 3.42. The van der Waals surface area contributed by atoms with Crippen molar-refractivity contribution in [2.24, 2.45) is 0 Å². The largest absolute Gasteiger partial charge is 0.497 e. The fourth-order valence-electron chi connectivity index (χ4n) is 2.69. The number of rotatable bonds is 7. The van der Waals surface area contributed by atoms with E-state index in [1.807, 2.05) is 50.1 Å². The average Bonchev–Trinajstić information content (AvgIpc) is 2.68. The number of nitrogens with one attached hydrogen (secondary N) is 1. The van der Waals surface area contributed by atoms with E-state index in [2.05, 4.69) is 5.32 Å². The number of hydrogen-bond acceptors (Lipinski definition) is 5. The normalized spacial score (nSPS) is 11.8. The Hall–Kier alpha value is -2.86. The number of carbonyl (C=O) groups is 2. The molecule has 0 saturated heterocycles. The van der Waals surface area contributed by atoms with Gasteiger partial charge in [0.1, 0.15) is 5.75 Å². The Kier molecular flexibility index (Phi) is 6.96. The summed E-state index contributed by atoms with van der Waals surface area (Å²) in [5.74, 6) is 0.214. The van der Waals surface area contributed by atoms with Crippen molar-refractivity contribution >= 4 is 17.6 Å². The highest BCUT2D eigenvalue weighted by Gasteiger charge is 2.16. The minimum Gasteiger partial charge on any atom is -0.497 e. The van der Waals surface area contributed by atoms with Gasteiger partial charge in [-0.1, -0.05) is 18.2 Å². The lowest BCUT2D eigenvalue weighted by Gasteiger charge is -2.24. The van der Waals surface area contributed by atoms with Crippen LogP contribution in [0.15, 0.2) is 42.5 Å². The molecule has 1 atom stereocenters. The highest BCUT2D eigenvalue weighted by molar-refractivity contribution is 5.96. The van der Waals surface area contributed by atoms with Crippen molar-refractivity contribution in [1.82, 2.24) is 4.90 Å². The Morgan fingerprint density at radius 2 is 1.78 bits per heavy atom. The number of ether oxygens (including phenoxy) is 2. The van der Waals surface area contributed by atoms with Crippen LogP contribution in [0.1, 0.15) is 34.5 Å². The Bertz CT molecular complexity index is 802. The molecule has 0 aliphatic carbocycles. The summed E-state index contributed by atoms with van der Waals surface area (Å²) < 4.78 is 9.90. The first-order valence-corrected chi connectivity index (χ1v) is 8.68. The van der Waals surface area contributed by atoms with Crippen LogP contribution in [0.3, 0.4) is 0 Å². The molecule has 0 aromatic heterocycles. The molecular weight excluding hydrogens is 344 g/mol. The molecular formula is C21H26N2O4. The van der Waals surface area contributed by atoms with Crippen molar-refractivity contribution in [3.8, 4) is 5.75 Å². The SMILES string of the molecule is COC(=O)c1ccc(C)c(NC(=O)CN(C)C(C)c2ccc(OC)cc2)c1. The first kappa shape index (κ1) is 20.5. The van der Waals surface area contributed by atoms with Gasteiger partial charge >= 0.3 is 5.97 Å². The monoisotopic (exact) mass is 370 g/mol. The third-order valence-corrected chi connectivity index (χ3v) is 4.59. The predicted molar refractivity (Wildman–Crippen MR) is 105 cm³/mol. The zero-order valence-corrected chi connectivity index (χ0v) is 16.4. The summed E-state index contributed by atoms with van der Waals surface area (Å²) in [6.45, 7) is 4.13. The lowest BCUT2D eigenvalue weighted by molar-refractivity contribution is -0.117. The van der Waals surface area contributed by atoms with E-state index < -0.39 is 5.97 Å². The standard InChI is InChI=1S/C21H26N2O4/c1-14-6-7-17(21(25)27-5)12-19(14)22-20(24)13-23(3)15(2)16-8-10-18(26-4)11-9-16/h6-12,15H,13H2,1-5H3,(H,22,24). The van der Waals surface area contributed by atoms with E-state index in [1.54, 1.807) is 25.3 Å². The van der Waals surface area contributed by atoms with Crippen LogP contribution in [-0.2, 0) is 9.53 Å². The van der Waals surface area contributed by atoms with Crippen LogP contribution in [0.2, 0.25) is 0 Å². The van der Waals surface area contributed by atoms with E-state index in [9.17, 15) is 9.59 Å². The Balaban J connectivity index is 2.02. The Labute approximate surface area is 160 Å². The van der Waals surface area contributed by atoms with E-state index >= 15 is 0 Å². The molecule has 0 fully saturated rings. The second kappa shape index (κ2) is 9.19.